The minimum Gasteiger partial charge on any atom is -0.332 e. The van der Waals surface area contributed by atoms with Crippen molar-refractivity contribution in [3.05, 3.63) is 77.3 Å². The van der Waals surface area contributed by atoms with E-state index in [0.717, 1.165) is 29.1 Å². The van der Waals surface area contributed by atoms with Crippen molar-refractivity contribution in [2.75, 3.05) is 6.54 Å². The second kappa shape index (κ2) is 7.84. The number of rotatable bonds is 5. The number of carbonyl (C=O) groups excluding carboxylic acids is 2. The van der Waals surface area contributed by atoms with E-state index in [1.807, 2.05) is 66.0 Å². The number of carbonyl (C=O) groups is 2. The molecule has 0 saturated carbocycles. The number of hydrogen-bond donors (Lipinski definition) is 0. The molecule has 1 atom stereocenters. The highest BCUT2D eigenvalue weighted by Gasteiger charge is 2.34. The topological polar surface area (TPSA) is 50.3 Å². The van der Waals surface area contributed by atoms with Crippen LogP contribution in [0.25, 0.3) is 10.6 Å². The number of likely N-dealkylation sites (tertiary alicyclic amines) is 1. The molecule has 3 aromatic rings. The van der Waals surface area contributed by atoms with Gasteiger partial charge >= 0.3 is 0 Å². The van der Waals surface area contributed by atoms with E-state index in [9.17, 15) is 9.59 Å². The quantitative estimate of drug-likeness (QED) is 0.626. The van der Waals surface area contributed by atoms with E-state index in [1.165, 1.54) is 0 Å². The highest BCUT2D eigenvalue weighted by molar-refractivity contribution is 7.13. The van der Waals surface area contributed by atoms with Gasteiger partial charge in [0.2, 0.25) is 5.91 Å². The lowest BCUT2D eigenvalue weighted by atomic mass is 10.0. The van der Waals surface area contributed by atoms with Gasteiger partial charge in [-0.15, -0.1) is 11.3 Å². The molecule has 1 unspecified atom stereocenters. The molecular formula is C22H20N2O2S. The van der Waals surface area contributed by atoms with Gasteiger partial charge in [0.15, 0.2) is 5.78 Å². The Bertz CT molecular complexity index is 937. The molecule has 0 spiro atoms. The number of benzene rings is 2. The minimum absolute atomic E-state index is 0.0216. The van der Waals surface area contributed by atoms with Crippen LogP contribution in [0.3, 0.4) is 0 Å². The van der Waals surface area contributed by atoms with Crippen molar-refractivity contribution < 1.29 is 9.59 Å². The largest absolute Gasteiger partial charge is 0.332 e. The van der Waals surface area contributed by atoms with Crippen LogP contribution in [-0.2, 0) is 11.2 Å². The molecule has 0 bridgehead atoms. The lowest BCUT2D eigenvalue weighted by Gasteiger charge is -2.23. The Balaban J connectivity index is 1.46. The summed E-state index contributed by atoms with van der Waals surface area (Å²) >= 11 is 1.54. The first kappa shape index (κ1) is 17.6. The van der Waals surface area contributed by atoms with Crippen LogP contribution in [-0.4, -0.2) is 34.2 Å². The Labute approximate surface area is 162 Å². The Morgan fingerprint density at radius 3 is 2.48 bits per heavy atom. The van der Waals surface area contributed by atoms with E-state index < -0.39 is 0 Å². The molecule has 1 aliphatic rings. The van der Waals surface area contributed by atoms with Crippen molar-refractivity contribution in [2.45, 2.75) is 25.3 Å². The highest BCUT2D eigenvalue weighted by Crippen LogP contribution is 2.25. The van der Waals surface area contributed by atoms with E-state index in [0.29, 0.717) is 12.1 Å². The maximum atomic E-state index is 12.8. The van der Waals surface area contributed by atoms with E-state index in [1.54, 1.807) is 16.2 Å². The van der Waals surface area contributed by atoms with Gasteiger partial charge in [-0.2, -0.15) is 0 Å². The third kappa shape index (κ3) is 3.83. The average Bonchev–Trinajstić information content (AvgIpc) is 3.38. The van der Waals surface area contributed by atoms with E-state index >= 15 is 0 Å². The third-order valence-corrected chi connectivity index (χ3v) is 5.78. The molecule has 27 heavy (non-hydrogen) atoms. The summed E-state index contributed by atoms with van der Waals surface area (Å²) < 4.78 is 0. The number of hydrogen-bond acceptors (Lipinski definition) is 4. The molecule has 1 amide bonds. The summed E-state index contributed by atoms with van der Waals surface area (Å²) in [6.45, 7) is 0.637. The van der Waals surface area contributed by atoms with Gasteiger partial charge in [-0.3, -0.25) is 9.59 Å². The fourth-order valence-electron chi connectivity index (χ4n) is 3.49. The first-order chi connectivity index (χ1) is 13.2. The van der Waals surface area contributed by atoms with Gasteiger partial charge in [0, 0.05) is 23.1 Å². The molecule has 0 aliphatic carbocycles. The highest BCUT2D eigenvalue weighted by atomic mass is 32.1. The summed E-state index contributed by atoms with van der Waals surface area (Å²) in [6, 6.07) is 18.8. The Morgan fingerprint density at radius 2 is 1.74 bits per heavy atom. The fourth-order valence-corrected chi connectivity index (χ4v) is 4.32. The van der Waals surface area contributed by atoms with Gasteiger partial charge in [-0.25, -0.2) is 4.98 Å². The van der Waals surface area contributed by atoms with Gasteiger partial charge in [0.05, 0.1) is 18.2 Å². The lowest BCUT2D eigenvalue weighted by Crippen LogP contribution is -2.41. The van der Waals surface area contributed by atoms with Crippen LogP contribution in [0.4, 0.5) is 0 Å². The zero-order valence-electron chi connectivity index (χ0n) is 14.9. The van der Waals surface area contributed by atoms with Crippen LogP contribution in [0.1, 0.15) is 28.9 Å². The van der Waals surface area contributed by atoms with Crippen molar-refractivity contribution in [3.8, 4) is 10.6 Å². The van der Waals surface area contributed by atoms with Crippen molar-refractivity contribution in [3.63, 3.8) is 0 Å². The molecule has 1 saturated heterocycles. The molecule has 0 N–H and O–H groups in total. The molecule has 4 rings (SSSR count). The van der Waals surface area contributed by atoms with Crippen LogP contribution in [0.5, 0.6) is 0 Å². The van der Waals surface area contributed by atoms with Crippen LogP contribution in [0.2, 0.25) is 0 Å². The van der Waals surface area contributed by atoms with E-state index in [-0.39, 0.29) is 24.2 Å². The Kier molecular flexibility index (Phi) is 5.12. The average molecular weight is 376 g/mol. The SMILES string of the molecule is O=C(c1ccccc1)C1CCCN1C(=O)Cc1csc(-c2ccccc2)n1. The standard InChI is InChI=1S/C22H20N2O2S/c25-20(14-18-15-27-22(23-18)17-10-5-2-6-11-17)24-13-7-12-19(24)21(26)16-8-3-1-4-9-16/h1-6,8-11,15,19H,7,12-14H2. The van der Waals surface area contributed by atoms with Gasteiger partial charge < -0.3 is 4.90 Å². The molecule has 5 heteroatoms. The number of thiazole rings is 1. The summed E-state index contributed by atoms with van der Waals surface area (Å²) in [6.07, 6.45) is 1.83. The molecule has 1 fully saturated rings. The third-order valence-electron chi connectivity index (χ3n) is 4.84. The molecule has 0 radical (unpaired) electrons. The van der Waals surface area contributed by atoms with Crippen LogP contribution in [0.15, 0.2) is 66.0 Å². The number of aromatic nitrogens is 1. The number of nitrogens with zero attached hydrogens (tertiary/aromatic N) is 2. The predicted molar refractivity (Wildman–Crippen MR) is 107 cm³/mol. The maximum Gasteiger partial charge on any atom is 0.229 e. The summed E-state index contributed by atoms with van der Waals surface area (Å²) in [5.41, 5.74) is 2.49. The molecule has 1 aromatic heterocycles. The van der Waals surface area contributed by atoms with Gasteiger partial charge in [0.1, 0.15) is 5.01 Å². The monoisotopic (exact) mass is 376 g/mol. The molecule has 136 valence electrons. The minimum atomic E-state index is -0.355. The van der Waals surface area contributed by atoms with E-state index in [2.05, 4.69) is 4.98 Å². The van der Waals surface area contributed by atoms with Gasteiger partial charge in [-0.05, 0) is 12.8 Å². The first-order valence-corrected chi connectivity index (χ1v) is 9.99. The molecule has 1 aliphatic heterocycles. The Morgan fingerprint density at radius 1 is 1.04 bits per heavy atom. The summed E-state index contributed by atoms with van der Waals surface area (Å²) in [4.78, 5) is 32.0. The van der Waals surface area contributed by atoms with Crippen molar-refractivity contribution in [1.82, 2.24) is 9.88 Å². The second-order valence-electron chi connectivity index (χ2n) is 6.66. The second-order valence-corrected chi connectivity index (χ2v) is 7.52. The fraction of sp³-hybridized carbons (Fsp3) is 0.227. The molecule has 2 aromatic carbocycles. The zero-order valence-corrected chi connectivity index (χ0v) is 15.7. The van der Waals surface area contributed by atoms with Crippen LogP contribution < -0.4 is 0 Å². The molecule has 4 nitrogen and oxygen atoms in total. The summed E-state index contributed by atoms with van der Waals surface area (Å²) in [7, 11) is 0. The summed E-state index contributed by atoms with van der Waals surface area (Å²) in [5.74, 6) is 0.0106. The van der Waals surface area contributed by atoms with Crippen molar-refractivity contribution in [1.29, 1.82) is 0 Å². The number of ketones is 1. The molecular weight excluding hydrogens is 356 g/mol. The maximum absolute atomic E-state index is 12.8. The summed E-state index contributed by atoms with van der Waals surface area (Å²) in [5, 5.41) is 2.85. The molecule has 2 heterocycles. The van der Waals surface area contributed by atoms with E-state index in [4.69, 9.17) is 0 Å². The predicted octanol–water partition coefficient (Wildman–Crippen LogP) is 4.23. The number of Topliss-reactive ketones (excluding diaryl/α,β-unsaturated/α-hetero) is 1. The van der Waals surface area contributed by atoms with Crippen molar-refractivity contribution in [2.24, 2.45) is 0 Å². The first-order valence-electron chi connectivity index (χ1n) is 9.11. The van der Waals surface area contributed by atoms with Crippen LogP contribution in [0, 0.1) is 0 Å². The Hall–Kier alpha value is -2.79. The normalized spacial score (nSPS) is 16.4. The van der Waals surface area contributed by atoms with Gasteiger partial charge in [-0.1, -0.05) is 60.7 Å². The number of amides is 1. The van der Waals surface area contributed by atoms with Crippen molar-refractivity contribution >= 4 is 23.0 Å². The lowest BCUT2D eigenvalue weighted by molar-refractivity contribution is -0.130. The zero-order chi connectivity index (χ0) is 18.6. The van der Waals surface area contributed by atoms with Crippen LogP contribution >= 0.6 is 11.3 Å². The smallest absolute Gasteiger partial charge is 0.229 e. The van der Waals surface area contributed by atoms with Gasteiger partial charge in [0.25, 0.3) is 0 Å².